The van der Waals surface area contributed by atoms with Crippen molar-refractivity contribution >= 4 is 0 Å². The molecular weight excluding hydrogens is 233 g/mol. The first-order valence-electron chi connectivity index (χ1n) is 6.05. The fourth-order valence-corrected chi connectivity index (χ4v) is 2.03. The predicted molar refractivity (Wildman–Crippen MR) is 63.4 cm³/mol. The van der Waals surface area contributed by atoms with Crippen LogP contribution in [-0.2, 0) is 6.54 Å². The zero-order valence-electron chi connectivity index (χ0n) is 9.83. The highest BCUT2D eigenvalue weighted by Crippen LogP contribution is 2.38. The highest BCUT2D eigenvalue weighted by molar-refractivity contribution is 5.18. The van der Waals surface area contributed by atoms with E-state index in [4.69, 9.17) is 0 Å². The molecule has 1 aliphatic carbocycles. The number of aliphatic hydroxyl groups excluding tert-OH is 1. The Morgan fingerprint density at radius 1 is 1.33 bits per heavy atom. The van der Waals surface area contributed by atoms with Crippen LogP contribution in [0.2, 0.25) is 0 Å². The molecule has 0 spiro atoms. The molecule has 0 saturated heterocycles. The number of aromatic nitrogens is 3. The number of rotatable bonds is 4. The summed E-state index contributed by atoms with van der Waals surface area (Å²) in [5.41, 5.74) is 0.689. The molecule has 3 rings (SSSR count). The van der Waals surface area contributed by atoms with Gasteiger partial charge in [0.1, 0.15) is 18.0 Å². The summed E-state index contributed by atoms with van der Waals surface area (Å²) < 4.78 is 14.5. The van der Waals surface area contributed by atoms with Gasteiger partial charge in [0.2, 0.25) is 0 Å². The molecule has 0 radical (unpaired) electrons. The maximum atomic E-state index is 12.8. The standard InChI is InChI=1S/C13H14FN3O/c14-11-5-3-9(4-6-11)12(18)7-17-13(10-1-2-10)15-8-16-17/h3-6,8,10,12,18H,1-2,7H2. The molecule has 1 aromatic heterocycles. The lowest BCUT2D eigenvalue weighted by atomic mass is 10.1. The van der Waals surface area contributed by atoms with E-state index in [0.717, 1.165) is 18.7 Å². The summed E-state index contributed by atoms with van der Waals surface area (Å²) in [5, 5.41) is 14.2. The van der Waals surface area contributed by atoms with E-state index < -0.39 is 6.10 Å². The minimum atomic E-state index is -0.690. The molecule has 94 valence electrons. The second-order valence-electron chi connectivity index (χ2n) is 4.64. The average Bonchev–Trinajstić information content (AvgIpc) is 3.11. The van der Waals surface area contributed by atoms with Gasteiger partial charge in [-0.25, -0.2) is 14.1 Å². The van der Waals surface area contributed by atoms with Gasteiger partial charge in [0.25, 0.3) is 0 Å². The molecule has 5 heteroatoms. The summed E-state index contributed by atoms with van der Waals surface area (Å²) >= 11 is 0. The Balaban J connectivity index is 1.75. The van der Waals surface area contributed by atoms with Crippen LogP contribution in [0.4, 0.5) is 4.39 Å². The van der Waals surface area contributed by atoms with Crippen LogP contribution in [0.5, 0.6) is 0 Å². The van der Waals surface area contributed by atoms with Crippen LogP contribution in [0.3, 0.4) is 0 Å². The molecule has 1 atom stereocenters. The zero-order chi connectivity index (χ0) is 12.5. The maximum absolute atomic E-state index is 12.8. The topological polar surface area (TPSA) is 50.9 Å². The Kier molecular flexibility index (Phi) is 2.83. The lowest BCUT2D eigenvalue weighted by Crippen LogP contribution is -2.12. The molecule has 1 fully saturated rings. The summed E-state index contributed by atoms with van der Waals surface area (Å²) in [4.78, 5) is 4.22. The molecular formula is C13H14FN3O. The third kappa shape index (κ3) is 2.26. The van der Waals surface area contributed by atoms with Gasteiger partial charge < -0.3 is 5.11 Å². The van der Waals surface area contributed by atoms with Crippen LogP contribution >= 0.6 is 0 Å². The van der Waals surface area contributed by atoms with Gasteiger partial charge in [0.05, 0.1) is 12.6 Å². The van der Waals surface area contributed by atoms with E-state index in [1.165, 1.54) is 18.5 Å². The van der Waals surface area contributed by atoms with Crippen molar-refractivity contribution in [2.45, 2.75) is 31.4 Å². The second-order valence-corrected chi connectivity index (χ2v) is 4.64. The Morgan fingerprint density at radius 3 is 2.72 bits per heavy atom. The SMILES string of the molecule is OC(Cn1ncnc1C1CC1)c1ccc(F)cc1. The van der Waals surface area contributed by atoms with Gasteiger partial charge in [0.15, 0.2) is 0 Å². The molecule has 4 nitrogen and oxygen atoms in total. The number of aliphatic hydroxyl groups is 1. The van der Waals surface area contributed by atoms with Gasteiger partial charge >= 0.3 is 0 Å². The monoisotopic (exact) mass is 247 g/mol. The normalized spacial score (nSPS) is 16.8. The molecule has 1 aliphatic rings. The fraction of sp³-hybridized carbons (Fsp3) is 0.385. The van der Waals surface area contributed by atoms with Crippen molar-refractivity contribution in [2.75, 3.05) is 0 Å². The van der Waals surface area contributed by atoms with E-state index in [2.05, 4.69) is 10.1 Å². The van der Waals surface area contributed by atoms with Crippen molar-refractivity contribution in [1.82, 2.24) is 14.8 Å². The van der Waals surface area contributed by atoms with E-state index in [1.54, 1.807) is 16.8 Å². The minimum Gasteiger partial charge on any atom is -0.386 e. The van der Waals surface area contributed by atoms with Gasteiger partial charge in [-0.3, -0.25) is 0 Å². The first-order valence-corrected chi connectivity index (χ1v) is 6.05. The Hall–Kier alpha value is -1.75. The highest BCUT2D eigenvalue weighted by Gasteiger charge is 2.29. The largest absolute Gasteiger partial charge is 0.386 e. The van der Waals surface area contributed by atoms with Crippen LogP contribution in [0.1, 0.15) is 36.3 Å². The molecule has 1 aromatic carbocycles. The number of hydrogen-bond acceptors (Lipinski definition) is 3. The first kappa shape index (κ1) is 11.3. The quantitative estimate of drug-likeness (QED) is 0.899. The molecule has 0 bridgehead atoms. The predicted octanol–water partition coefficient (Wildman–Crippen LogP) is 2.03. The van der Waals surface area contributed by atoms with Gasteiger partial charge in [-0.1, -0.05) is 12.1 Å². The molecule has 1 N–H and O–H groups in total. The third-order valence-electron chi connectivity index (χ3n) is 3.19. The summed E-state index contributed by atoms with van der Waals surface area (Å²) in [6.07, 6.45) is 3.12. The van der Waals surface area contributed by atoms with Gasteiger partial charge in [-0.2, -0.15) is 5.10 Å². The zero-order valence-corrected chi connectivity index (χ0v) is 9.83. The summed E-state index contributed by atoms with van der Waals surface area (Å²) in [5.74, 6) is 1.13. The average molecular weight is 247 g/mol. The smallest absolute Gasteiger partial charge is 0.138 e. The molecule has 1 saturated carbocycles. The number of benzene rings is 1. The van der Waals surface area contributed by atoms with Crippen molar-refractivity contribution in [3.05, 3.63) is 47.8 Å². The lowest BCUT2D eigenvalue weighted by Gasteiger charge is -2.12. The van der Waals surface area contributed by atoms with Crippen molar-refractivity contribution in [3.8, 4) is 0 Å². The minimum absolute atomic E-state index is 0.301. The molecule has 1 unspecified atom stereocenters. The Morgan fingerprint density at radius 2 is 2.06 bits per heavy atom. The summed E-state index contributed by atoms with van der Waals surface area (Å²) in [7, 11) is 0. The van der Waals surface area contributed by atoms with Crippen molar-refractivity contribution in [2.24, 2.45) is 0 Å². The van der Waals surface area contributed by atoms with Crippen LogP contribution in [0.15, 0.2) is 30.6 Å². The van der Waals surface area contributed by atoms with E-state index in [0.29, 0.717) is 18.0 Å². The lowest BCUT2D eigenvalue weighted by molar-refractivity contribution is 0.150. The van der Waals surface area contributed by atoms with E-state index in [9.17, 15) is 9.50 Å². The summed E-state index contributed by atoms with van der Waals surface area (Å²) in [6, 6.07) is 5.88. The van der Waals surface area contributed by atoms with Gasteiger partial charge in [-0.05, 0) is 30.5 Å². The molecule has 0 amide bonds. The number of hydrogen-bond donors (Lipinski definition) is 1. The number of halogens is 1. The van der Waals surface area contributed by atoms with Gasteiger partial charge in [0, 0.05) is 5.92 Å². The number of nitrogens with zero attached hydrogens (tertiary/aromatic N) is 3. The van der Waals surface area contributed by atoms with Crippen molar-refractivity contribution < 1.29 is 9.50 Å². The van der Waals surface area contributed by atoms with Crippen LogP contribution in [-0.4, -0.2) is 19.9 Å². The summed E-state index contributed by atoms with van der Waals surface area (Å²) in [6.45, 7) is 0.359. The maximum Gasteiger partial charge on any atom is 0.138 e. The molecule has 0 aliphatic heterocycles. The van der Waals surface area contributed by atoms with Crippen molar-refractivity contribution in [1.29, 1.82) is 0 Å². The van der Waals surface area contributed by atoms with Gasteiger partial charge in [-0.15, -0.1) is 0 Å². The third-order valence-corrected chi connectivity index (χ3v) is 3.19. The second kappa shape index (κ2) is 4.49. The highest BCUT2D eigenvalue weighted by atomic mass is 19.1. The molecule has 18 heavy (non-hydrogen) atoms. The van der Waals surface area contributed by atoms with Crippen molar-refractivity contribution in [3.63, 3.8) is 0 Å². The van der Waals surface area contributed by atoms with E-state index in [1.807, 2.05) is 0 Å². The molecule has 2 aromatic rings. The van der Waals surface area contributed by atoms with Crippen LogP contribution in [0.25, 0.3) is 0 Å². The van der Waals surface area contributed by atoms with E-state index in [-0.39, 0.29) is 5.82 Å². The van der Waals surface area contributed by atoms with E-state index >= 15 is 0 Å². The molecule has 1 heterocycles. The first-order chi connectivity index (χ1) is 8.74. The van der Waals surface area contributed by atoms with Crippen LogP contribution < -0.4 is 0 Å². The fourth-order valence-electron chi connectivity index (χ4n) is 2.03. The van der Waals surface area contributed by atoms with Crippen LogP contribution in [0, 0.1) is 5.82 Å². The Bertz CT molecular complexity index is 533. The Labute approximate surface area is 104 Å².